The molecule has 0 radical (unpaired) electrons. The molecule has 0 fully saturated rings. The van der Waals surface area contributed by atoms with Crippen molar-refractivity contribution in [3.05, 3.63) is 46.7 Å². The van der Waals surface area contributed by atoms with E-state index < -0.39 is 12.0 Å². The zero-order valence-corrected chi connectivity index (χ0v) is 15.4. The van der Waals surface area contributed by atoms with Crippen molar-refractivity contribution in [1.82, 2.24) is 19.7 Å². The Hall–Kier alpha value is -3.16. The summed E-state index contributed by atoms with van der Waals surface area (Å²) in [4.78, 5) is 26.1. The first-order chi connectivity index (χ1) is 12.8. The molecule has 1 unspecified atom stereocenters. The Morgan fingerprint density at radius 1 is 1.22 bits per heavy atom. The number of fused-ring (bicyclic) bond motifs is 2. The van der Waals surface area contributed by atoms with Crippen molar-refractivity contribution in [1.29, 1.82) is 0 Å². The van der Waals surface area contributed by atoms with Crippen molar-refractivity contribution in [3.8, 4) is 0 Å². The monoisotopic (exact) mass is 368 g/mol. The van der Waals surface area contributed by atoms with E-state index in [0.717, 1.165) is 27.7 Å². The third kappa shape index (κ3) is 2.87. The number of furan rings is 1. The maximum Gasteiger partial charge on any atom is 0.328 e. The van der Waals surface area contributed by atoms with Gasteiger partial charge >= 0.3 is 5.97 Å². The Morgan fingerprint density at radius 2 is 1.96 bits per heavy atom. The fraction of sp³-hybridized carbons (Fsp3) is 0.368. The number of aliphatic carboxylic acids is 1. The molecule has 1 aliphatic heterocycles. The van der Waals surface area contributed by atoms with Crippen LogP contribution in [0.1, 0.15) is 28.3 Å². The largest absolute Gasteiger partial charge is 0.480 e. The molecular formula is C19H20N4O4. The minimum Gasteiger partial charge on any atom is -0.480 e. The fourth-order valence-corrected chi connectivity index (χ4v) is 3.52. The SMILES string of the molecule is Cc1cc2occ(CC(=O)N3Cc4nnc(C)n4CC3C(=O)O)c2cc1C. The number of carboxylic acids is 1. The summed E-state index contributed by atoms with van der Waals surface area (Å²) in [5.41, 5.74) is 3.71. The number of carbonyl (C=O) groups excluding carboxylic acids is 1. The lowest BCUT2D eigenvalue weighted by Crippen LogP contribution is -2.51. The number of amides is 1. The van der Waals surface area contributed by atoms with Gasteiger partial charge in [0, 0.05) is 10.9 Å². The normalized spacial score (nSPS) is 16.6. The van der Waals surface area contributed by atoms with Crippen molar-refractivity contribution in [3.63, 3.8) is 0 Å². The highest BCUT2D eigenvalue weighted by atomic mass is 16.4. The number of hydrogen-bond acceptors (Lipinski definition) is 5. The van der Waals surface area contributed by atoms with E-state index in [9.17, 15) is 14.7 Å². The Balaban J connectivity index is 1.64. The minimum absolute atomic E-state index is 0.0758. The summed E-state index contributed by atoms with van der Waals surface area (Å²) in [5, 5.41) is 18.5. The summed E-state index contributed by atoms with van der Waals surface area (Å²) < 4.78 is 7.35. The Bertz CT molecular complexity index is 1070. The number of carbonyl (C=O) groups is 2. The molecule has 0 spiro atoms. The number of aromatic nitrogens is 3. The van der Waals surface area contributed by atoms with Gasteiger partial charge in [0.15, 0.2) is 5.82 Å². The van der Waals surface area contributed by atoms with Crippen molar-refractivity contribution in [2.45, 2.75) is 46.3 Å². The van der Waals surface area contributed by atoms with Crippen LogP contribution in [0.3, 0.4) is 0 Å². The second-order valence-electron chi connectivity index (χ2n) is 7.02. The average Bonchev–Trinajstić information content (AvgIpc) is 3.18. The highest BCUT2D eigenvalue weighted by Crippen LogP contribution is 2.26. The van der Waals surface area contributed by atoms with Crippen LogP contribution in [-0.4, -0.2) is 42.7 Å². The molecule has 1 atom stereocenters. The summed E-state index contributed by atoms with van der Waals surface area (Å²) in [6.07, 6.45) is 1.65. The van der Waals surface area contributed by atoms with Gasteiger partial charge in [-0.15, -0.1) is 10.2 Å². The molecule has 2 aromatic heterocycles. The van der Waals surface area contributed by atoms with Gasteiger partial charge in [-0.25, -0.2) is 4.79 Å². The highest BCUT2D eigenvalue weighted by molar-refractivity contribution is 5.90. The van der Waals surface area contributed by atoms with Crippen LogP contribution in [0.25, 0.3) is 11.0 Å². The molecule has 1 aromatic carbocycles. The Kier molecular flexibility index (Phi) is 3.98. The van der Waals surface area contributed by atoms with E-state index in [2.05, 4.69) is 10.2 Å². The number of benzene rings is 1. The van der Waals surface area contributed by atoms with E-state index in [0.29, 0.717) is 11.6 Å². The topological polar surface area (TPSA) is 101 Å². The maximum absolute atomic E-state index is 13.0. The van der Waals surface area contributed by atoms with Crippen molar-refractivity contribution in [2.24, 2.45) is 0 Å². The molecule has 8 heteroatoms. The molecule has 3 heterocycles. The van der Waals surface area contributed by atoms with Crippen LogP contribution in [0.4, 0.5) is 0 Å². The summed E-state index contributed by atoms with van der Waals surface area (Å²) in [6.45, 7) is 6.07. The van der Waals surface area contributed by atoms with E-state index in [1.165, 1.54) is 4.90 Å². The van der Waals surface area contributed by atoms with Crippen molar-refractivity contribution in [2.75, 3.05) is 0 Å². The molecule has 8 nitrogen and oxygen atoms in total. The van der Waals surface area contributed by atoms with Gasteiger partial charge in [0.25, 0.3) is 0 Å². The van der Waals surface area contributed by atoms with Gasteiger partial charge in [-0.3, -0.25) is 4.79 Å². The first kappa shape index (κ1) is 17.3. The smallest absolute Gasteiger partial charge is 0.328 e. The maximum atomic E-state index is 13.0. The minimum atomic E-state index is -1.04. The van der Waals surface area contributed by atoms with Crippen LogP contribution in [0, 0.1) is 20.8 Å². The summed E-state index contributed by atoms with van der Waals surface area (Å²) >= 11 is 0. The van der Waals surface area contributed by atoms with Crippen LogP contribution in [-0.2, 0) is 29.1 Å². The summed E-state index contributed by atoms with van der Waals surface area (Å²) in [5.74, 6) is -0.0576. The van der Waals surface area contributed by atoms with Gasteiger partial charge in [0.05, 0.1) is 25.8 Å². The van der Waals surface area contributed by atoms with Gasteiger partial charge in [-0.1, -0.05) is 0 Å². The van der Waals surface area contributed by atoms with Crippen LogP contribution in [0.5, 0.6) is 0 Å². The molecule has 0 saturated heterocycles. The molecule has 0 bridgehead atoms. The average molecular weight is 368 g/mol. The van der Waals surface area contributed by atoms with Crippen molar-refractivity contribution < 1.29 is 19.1 Å². The Labute approximate surface area is 155 Å². The Morgan fingerprint density at radius 3 is 2.70 bits per heavy atom. The number of carboxylic acid groups (broad SMARTS) is 1. The van der Waals surface area contributed by atoms with E-state index in [-0.39, 0.29) is 25.4 Å². The third-order valence-corrected chi connectivity index (χ3v) is 5.27. The van der Waals surface area contributed by atoms with Gasteiger partial charge in [-0.2, -0.15) is 0 Å². The number of nitrogens with zero attached hydrogens (tertiary/aromatic N) is 4. The molecule has 1 N–H and O–H groups in total. The number of hydrogen-bond donors (Lipinski definition) is 1. The lowest BCUT2D eigenvalue weighted by Gasteiger charge is -2.33. The van der Waals surface area contributed by atoms with Crippen LogP contribution in [0.2, 0.25) is 0 Å². The van der Waals surface area contributed by atoms with Crippen LogP contribution >= 0.6 is 0 Å². The third-order valence-electron chi connectivity index (χ3n) is 5.27. The van der Waals surface area contributed by atoms with E-state index >= 15 is 0 Å². The van der Waals surface area contributed by atoms with Gasteiger partial charge in [-0.05, 0) is 44.0 Å². The zero-order valence-electron chi connectivity index (χ0n) is 15.4. The molecule has 1 aliphatic rings. The van der Waals surface area contributed by atoms with Crippen LogP contribution < -0.4 is 0 Å². The fourth-order valence-electron chi connectivity index (χ4n) is 3.52. The second kappa shape index (κ2) is 6.22. The van der Waals surface area contributed by atoms with E-state index in [1.807, 2.05) is 26.0 Å². The highest BCUT2D eigenvalue weighted by Gasteiger charge is 2.36. The van der Waals surface area contributed by atoms with E-state index in [4.69, 9.17) is 4.42 Å². The van der Waals surface area contributed by atoms with Gasteiger partial charge in [0.1, 0.15) is 17.4 Å². The predicted molar refractivity (Wildman–Crippen MR) is 96.1 cm³/mol. The molecule has 0 aliphatic carbocycles. The van der Waals surface area contributed by atoms with Crippen molar-refractivity contribution >= 4 is 22.8 Å². The second-order valence-corrected chi connectivity index (χ2v) is 7.02. The molecule has 1 amide bonds. The standard InChI is InChI=1S/C19H20N4O4/c1-10-4-14-13(9-27-16(14)5-11(10)2)6-18(24)23-8-17-21-20-12(3)22(17)7-15(23)19(25)26/h4-5,9,15H,6-8H2,1-3H3,(H,25,26). The molecule has 27 heavy (non-hydrogen) atoms. The molecule has 0 saturated carbocycles. The first-order valence-electron chi connectivity index (χ1n) is 8.73. The van der Waals surface area contributed by atoms with Gasteiger partial charge < -0.3 is 19.0 Å². The predicted octanol–water partition coefficient (Wildman–Crippen LogP) is 1.99. The number of rotatable bonds is 3. The lowest BCUT2D eigenvalue weighted by atomic mass is 10.0. The molecular weight excluding hydrogens is 348 g/mol. The van der Waals surface area contributed by atoms with Gasteiger partial charge in [0.2, 0.25) is 5.91 Å². The summed E-state index contributed by atoms with van der Waals surface area (Å²) in [6, 6.07) is 3.01. The quantitative estimate of drug-likeness (QED) is 0.759. The molecule has 4 rings (SSSR count). The molecule has 140 valence electrons. The lowest BCUT2D eigenvalue weighted by molar-refractivity contribution is -0.152. The number of aryl methyl sites for hydroxylation is 3. The zero-order chi connectivity index (χ0) is 19.3. The van der Waals surface area contributed by atoms with Crippen LogP contribution in [0.15, 0.2) is 22.8 Å². The van der Waals surface area contributed by atoms with E-state index in [1.54, 1.807) is 17.8 Å². The molecule has 3 aromatic rings. The summed E-state index contributed by atoms with van der Waals surface area (Å²) in [7, 11) is 0. The first-order valence-corrected chi connectivity index (χ1v) is 8.73.